The fourth-order valence-corrected chi connectivity index (χ4v) is 9.73. The van der Waals surface area contributed by atoms with E-state index < -0.39 is 77.5 Å². The summed E-state index contributed by atoms with van der Waals surface area (Å²) in [6, 6.07) is 4.66. The number of benzene rings is 1. The maximum atomic E-state index is 13.4. The molecule has 0 spiro atoms. The van der Waals surface area contributed by atoms with E-state index in [2.05, 4.69) is 20.9 Å². The molecule has 1 aromatic rings. The molecule has 8 N–H and O–H groups in total. The molecule has 0 saturated carbocycles. The van der Waals surface area contributed by atoms with Crippen molar-refractivity contribution < 1.29 is 72.6 Å². The topological polar surface area (TPSA) is 311 Å². The van der Waals surface area contributed by atoms with Crippen molar-refractivity contribution in [3.8, 4) is 0 Å². The molecule has 1 fully saturated rings. The van der Waals surface area contributed by atoms with Gasteiger partial charge in [-0.05, 0) is 101 Å². The Kier molecular flexibility index (Phi) is 27.6. The van der Waals surface area contributed by atoms with Crippen LogP contribution in [-0.2, 0) is 59.1 Å². The predicted molar refractivity (Wildman–Crippen MR) is 313 cm³/mol. The summed E-state index contributed by atoms with van der Waals surface area (Å²) in [6.45, 7) is 18.9. The molecule has 1 saturated heterocycles. The fraction of sp³-hybridized carbons (Fsp3) is 0.639. The second kappa shape index (κ2) is 33.1. The van der Waals surface area contributed by atoms with Crippen LogP contribution in [0.4, 0.5) is 10.5 Å². The van der Waals surface area contributed by atoms with E-state index in [-0.39, 0.29) is 99.7 Å². The lowest BCUT2D eigenvalue weighted by molar-refractivity contribution is -0.151. The molecule has 462 valence electrons. The molecule has 6 amide bonds. The highest BCUT2D eigenvalue weighted by atomic mass is 16.6. The lowest BCUT2D eigenvalue weighted by Gasteiger charge is -2.36. The number of rotatable bonds is 29. The van der Waals surface area contributed by atoms with Crippen molar-refractivity contribution in [2.75, 3.05) is 38.6 Å². The Morgan fingerprint density at radius 2 is 1.69 bits per heavy atom. The first-order valence-electron chi connectivity index (χ1n) is 29.1. The van der Waals surface area contributed by atoms with Gasteiger partial charge in [-0.1, -0.05) is 84.4 Å². The number of allylic oxidation sites excluding steroid dienone is 2. The van der Waals surface area contributed by atoms with Crippen molar-refractivity contribution in [2.24, 2.45) is 28.5 Å². The molecule has 22 nitrogen and oxygen atoms in total. The van der Waals surface area contributed by atoms with Gasteiger partial charge in [0.05, 0.1) is 43.0 Å². The fourth-order valence-electron chi connectivity index (χ4n) is 9.73. The minimum atomic E-state index is -1.21. The van der Waals surface area contributed by atoms with Crippen LogP contribution in [0.25, 0.3) is 0 Å². The molecule has 0 bridgehead atoms. The summed E-state index contributed by atoms with van der Waals surface area (Å²) in [5, 5.41) is 40.6. The minimum Gasteiger partial charge on any atom is -0.457 e. The number of nitrogens with zero attached hydrogens (tertiary/aromatic N) is 3. The summed E-state index contributed by atoms with van der Waals surface area (Å²) >= 11 is 0. The molecule has 22 heteroatoms. The summed E-state index contributed by atoms with van der Waals surface area (Å²) in [7, 11) is 1.52. The molecule has 83 heavy (non-hydrogen) atoms. The Labute approximate surface area is 489 Å². The summed E-state index contributed by atoms with van der Waals surface area (Å²) in [5.74, 6) is -3.33. The number of aliphatic imine (C=N–C) groups is 1. The number of cyclic esters (lactones) is 1. The quantitative estimate of drug-likeness (QED) is 0.00742. The molecule has 3 aliphatic rings. The number of unbranched alkanes of at least 4 members (excludes halogenated alkanes) is 2. The van der Waals surface area contributed by atoms with Crippen LogP contribution in [0.2, 0.25) is 0 Å². The Balaban J connectivity index is 1.29. The monoisotopic (exact) mass is 1160 g/mol. The molecule has 1 aromatic carbocycles. The average molecular weight is 1160 g/mol. The largest absolute Gasteiger partial charge is 0.457 e. The van der Waals surface area contributed by atoms with Crippen LogP contribution in [0.15, 0.2) is 77.4 Å². The maximum absolute atomic E-state index is 13.4. The lowest BCUT2D eigenvalue weighted by atomic mass is 9.88. The third kappa shape index (κ3) is 22.6. The van der Waals surface area contributed by atoms with Crippen molar-refractivity contribution in [3.05, 3.63) is 77.9 Å². The number of nitrogens with two attached hydrogens (primary N) is 1. The molecule has 4 rings (SSSR count). The van der Waals surface area contributed by atoms with Gasteiger partial charge >= 0.3 is 12.1 Å². The van der Waals surface area contributed by atoms with Crippen LogP contribution in [0.1, 0.15) is 139 Å². The van der Waals surface area contributed by atoms with E-state index in [0.29, 0.717) is 61.9 Å². The number of aliphatic hydroxyl groups is 3. The van der Waals surface area contributed by atoms with Gasteiger partial charge in [0, 0.05) is 69.3 Å². The van der Waals surface area contributed by atoms with Gasteiger partial charge in [-0.15, -0.1) is 0 Å². The number of carbonyl (C=O) groups excluding carboxylic acids is 7. The average Bonchev–Trinajstić information content (AvgIpc) is 3.78. The minimum absolute atomic E-state index is 0.0479. The number of hydrogen-bond acceptors (Lipinski definition) is 16. The van der Waals surface area contributed by atoms with Gasteiger partial charge in [0.2, 0.25) is 17.7 Å². The summed E-state index contributed by atoms with van der Waals surface area (Å²) in [5.41, 5.74) is 5.93. The van der Waals surface area contributed by atoms with Crippen LogP contribution in [0, 0.1) is 17.8 Å². The van der Waals surface area contributed by atoms with E-state index in [4.69, 9.17) is 29.4 Å². The van der Waals surface area contributed by atoms with Crippen LogP contribution in [0.3, 0.4) is 0 Å². The Bertz CT molecular complexity index is 2480. The van der Waals surface area contributed by atoms with Crippen LogP contribution in [0.5, 0.6) is 0 Å². The zero-order valence-electron chi connectivity index (χ0n) is 50.5. The van der Waals surface area contributed by atoms with Crippen LogP contribution < -0.4 is 21.7 Å². The van der Waals surface area contributed by atoms with E-state index >= 15 is 0 Å². The SMILES string of the molecule is CCCN(CCN=C(N)O[C@H]1/C=C/[C@H](C)[C@@H](/C(C)=C/C=C/C(C)(O)C[C@H]2O[C@@H]2[C@H](C)[C@@H](O)CC)OC(=O)C[C@H](O)CC[C@@]1(C)OC)C(=O)OCc1ccc(NC(=O)[C@H](C)NC(=O)[C@@H](NC(=O)CCCCCN2C(=O)C=CC2=O)C(C)C)cc1. The zero-order valence-corrected chi connectivity index (χ0v) is 50.5. The van der Waals surface area contributed by atoms with Gasteiger partial charge in [0.25, 0.3) is 17.8 Å². The highest BCUT2D eigenvalue weighted by Gasteiger charge is 2.47. The van der Waals surface area contributed by atoms with Gasteiger partial charge in [0.1, 0.15) is 36.5 Å². The number of epoxide rings is 1. The molecule has 12 atom stereocenters. The van der Waals surface area contributed by atoms with Crippen molar-refractivity contribution in [1.82, 2.24) is 20.4 Å². The van der Waals surface area contributed by atoms with Gasteiger partial charge in [0.15, 0.2) is 0 Å². The molecule has 3 aliphatic heterocycles. The zero-order chi connectivity index (χ0) is 61.6. The van der Waals surface area contributed by atoms with E-state index in [1.165, 1.54) is 31.1 Å². The number of carbonyl (C=O) groups is 7. The number of amidine groups is 1. The Hall–Kier alpha value is -6.46. The molecular weight excluding hydrogens is 1070 g/mol. The number of aliphatic hydroxyl groups excluding tert-OH is 2. The van der Waals surface area contributed by atoms with E-state index in [1.54, 1.807) is 69.3 Å². The third-order valence-corrected chi connectivity index (χ3v) is 15.2. The van der Waals surface area contributed by atoms with E-state index in [1.807, 2.05) is 47.6 Å². The molecule has 0 aliphatic carbocycles. The van der Waals surface area contributed by atoms with Gasteiger partial charge in [-0.2, -0.15) is 0 Å². The van der Waals surface area contributed by atoms with Crippen LogP contribution in [-0.4, -0.2) is 166 Å². The van der Waals surface area contributed by atoms with Crippen molar-refractivity contribution >= 4 is 53.3 Å². The first kappa shape index (κ1) is 69.0. The number of esters is 1. The Morgan fingerprint density at radius 1 is 1.00 bits per heavy atom. The molecular formula is C61H93N7O15. The summed E-state index contributed by atoms with van der Waals surface area (Å²) < 4.78 is 29.7. The lowest BCUT2D eigenvalue weighted by Crippen LogP contribution is -2.53. The predicted octanol–water partition coefficient (Wildman–Crippen LogP) is 5.68. The third-order valence-electron chi connectivity index (χ3n) is 15.2. The van der Waals surface area contributed by atoms with Gasteiger partial charge in [-0.25, -0.2) is 9.79 Å². The van der Waals surface area contributed by atoms with Gasteiger partial charge in [-0.3, -0.25) is 33.7 Å². The standard InChI is InChI=1S/C61H93N7O15/c1-12-32-67(59(77)80-37-43-21-23-44(24-22-43)65-56(75)42(8)64-57(76)53(38(3)4)66-49(71)19-15-14-16-33-68-50(72)26-27-51(68)73)34-31-63-58(62)82-48-25-20-40(6)54(83-52(74)35-45(69)28-30-61(48,10)79-11)39(5)18-17-29-60(9,78)36-47-55(81-47)41(7)46(70)13-2/h17-18,20-27,29,38,40-42,45-48,53-55,69-70,78H,12-16,19,28,30-37H2,1-11H3,(H2,62,63)(H,64,76)(H,65,75)(H,66,71)/b25-20+,29-17+,39-18+/t40-,41+,42-,45+,46-,47+,48-,53-,54+,55+,60?,61+/m0/s1. The second-order valence-corrected chi connectivity index (χ2v) is 22.9. The number of ether oxygens (including phenoxy) is 5. The van der Waals surface area contributed by atoms with Gasteiger partial charge < -0.3 is 65.6 Å². The smallest absolute Gasteiger partial charge is 0.410 e. The first-order valence-corrected chi connectivity index (χ1v) is 29.1. The molecule has 1 unspecified atom stereocenters. The highest BCUT2D eigenvalue weighted by Crippen LogP contribution is 2.38. The van der Waals surface area contributed by atoms with Crippen molar-refractivity contribution in [3.63, 3.8) is 0 Å². The highest BCUT2D eigenvalue weighted by molar-refractivity contribution is 6.12. The summed E-state index contributed by atoms with van der Waals surface area (Å²) in [4.78, 5) is 96.2. The Morgan fingerprint density at radius 3 is 2.33 bits per heavy atom. The maximum Gasteiger partial charge on any atom is 0.410 e. The van der Waals surface area contributed by atoms with E-state index in [0.717, 1.165) is 4.90 Å². The first-order chi connectivity index (χ1) is 39.2. The number of imide groups is 1. The number of hydrogen-bond donors (Lipinski definition) is 7. The van der Waals surface area contributed by atoms with Crippen molar-refractivity contribution in [1.29, 1.82) is 0 Å². The normalized spacial score (nSPS) is 25.0. The number of methoxy groups -OCH3 is 1. The molecule has 0 radical (unpaired) electrons. The van der Waals surface area contributed by atoms with Crippen molar-refractivity contribution in [2.45, 2.75) is 200 Å². The number of amides is 6. The van der Waals surface area contributed by atoms with E-state index in [9.17, 15) is 48.9 Å². The molecule has 0 aromatic heterocycles. The molecule has 3 heterocycles. The summed E-state index contributed by atoms with van der Waals surface area (Å²) in [6.07, 6.45) is 10.9. The second-order valence-electron chi connectivity index (χ2n) is 22.9. The van der Waals surface area contributed by atoms with Crippen LogP contribution >= 0.6 is 0 Å². The number of anilines is 1. The number of nitrogens with one attached hydrogen (secondary N) is 3.